The zero-order valence-corrected chi connectivity index (χ0v) is 31.2. The topological polar surface area (TPSA) is 13.1 Å². The normalized spacial score (nSPS) is 11.5. The minimum Gasteiger partial charge on any atom is -0.309 e. The lowest BCUT2D eigenvalue weighted by atomic mass is 10.00. The summed E-state index contributed by atoms with van der Waals surface area (Å²) < 4.78 is 4.83. The SMILES string of the molecule is c1ccc(-c2ccc(N(c3ccccc3-c3ccccc3)c3cccc4c3c3ccccc3n4-c3cccc(-n4c5ccccc5c5ccccc54)c3)cc2)cc1. The minimum absolute atomic E-state index is 1.09. The molecular weight excluding hydrogens is 691 g/mol. The lowest BCUT2D eigenvalue weighted by molar-refractivity contribution is 1.13. The van der Waals surface area contributed by atoms with Crippen LogP contribution in [0.15, 0.2) is 224 Å². The number of fused-ring (bicyclic) bond motifs is 6. The second kappa shape index (κ2) is 13.6. The highest BCUT2D eigenvalue weighted by molar-refractivity contribution is 6.17. The van der Waals surface area contributed by atoms with Crippen molar-refractivity contribution in [2.75, 3.05) is 4.90 Å². The molecular formula is C54H37N3. The van der Waals surface area contributed by atoms with E-state index in [2.05, 4.69) is 238 Å². The van der Waals surface area contributed by atoms with E-state index in [4.69, 9.17) is 0 Å². The highest BCUT2D eigenvalue weighted by Gasteiger charge is 2.23. The van der Waals surface area contributed by atoms with Crippen LogP contribution in [-0.2, 0) is 0 Å². The standard InChI is InChI=1S/C54H37N3/c1-3-17-38(18-4-1)39-33-35-41(36-34-39)55(48-27-11-7-23-44(48)40-19-5-2-6-20-40)52-31-16-32-53-54(52)47-26-10-14-30-51(47)57(53)43-22-15-21-42(37-43)56-49-28-12-8-24-45(49)46-25-9-13-29-50(46)56/h1-37H. The molecule has 0 amide bonds. The van der Waals surface area contributed by atoms with Crippen LogP contribution in [0.1, 0.15) is 0 Å². The van der Waals surface area contributed by atoms with Crippen LogP contribution in [-0.4, -0.2) is 9.13 Å². The molecule has 3 heteroatoms. The van der Waals surface area contributed by atoms with Crippen LogP contribution in [0.4, 0.5) is 17.1 Å². The molecule has 0 atom stereocenters. The van der Waals surface area contributed by atoms with Crippen molar-refractivity contribution in [1.82, 2.24) is 9.13 Å². The van der Waals surface area contributed by atoms with Crippen molar-refractivity contribution in [1.29, 1.82) is 0 Å². The van der Waals surface area contributed by atoms with Gasteiger partial charge in [-0.3, -0.25) is 0 Å². The highest BCUT2D eigenvalue weighted by Crippen LogP contribution is 2.47. The highest BCUT2D eigenvalue weighted by atomic mass is 15.2. The van der Waals surface area contributed by atoms with Gasteiger partial charge in [-0.05, 0) is 83.4 Å². The minimum atomic E-state index is 1.09. The van der Waals surface area contributed by atoms with Crippen molar-refractivity contribution in [3.05, 3.63) is 224 Å². The molecule has 0 aliphatic heterocycles. The van der Waals surface area contributed by atoms with Crippen molar-refractivity contribution in [2.45, 2.75) is 0 Å². The Hall–Kier alpha value is -7.62. The Labute approximate surface area is 331 Å². The third-order valence-corrected chi connectivity index (χ3v) is 11.3. The second-order valence-electron chi connectivity index (χ2n) is 14.5. The summed E-state index contributed by atoms with van der Waals surface area (Å²) in [5, 5.41) is 4.92. The number of anilines is 3. The lowest BCUT2D eigenvalue weighted by Gasteiger charge is -2.29. The number of rotatable bonds is 7. The monoisotopic (exact) mass is 727 g/mol. The molecule has 0 N–H and O–H groups in total. The maximum atomic E-state index is 2.45. The largest absolute Gasteiger partial charge is 0.309 e. The van der Waals surface area contributed by atoms with Gasteiger partial charge in [-0.1, -0.05) is 158 Å². The predicted molar refractivity (Wildman–Crippen MR) is 241 cm³/mol. The molecule has 3 nitrogen and oxygen atoms in total. The average molecular weight is 728 g/mol. The fraction of sp³-hybridized carbons (Fsp3) is 0. The smallest absolute Gasteiger partial charge is 0.0562 e. The summed E-state index contributed by atoms with van der Waals surface area (Å²) in [6, 6.07) is 81.1. The quantitative estimate of drug-likeness (QED) is 0.159. The molecule has 2 heterocycles. The van der Waals surface area contributed by atoms with E-state index in [9.17, 15) is 0 Å². The Kier molecular flexibility index (Phi) is 7.82. The number of benzene rings is 9. The van der Waals surface area contributed by atoms with Crippen molar-refractivity contribution >= 4 is 60.7 Å². The second-order valence-corrected chi connectivity index (χ2v) is 14.5. The Morgan fingerprint density at radius 3 is 1.42 bits per heavy atom. The van der Waals surface area contributed by atoms with Gasteiger partial charge >= 0.3 is 0 Å². The van der Waals surface area contributed by atoms with Gasteiger partial charge in [-0.15, -0.1) is 0 Å². The van der Waals surface area contributed by atoms with Crippen molar-refractivity contribution in [2.24, 2.45) is 0 Å². The van der Waals surface area contributed by atoms with Gasteiger partial charge in [0, 0.05) is 44.2 Å². The third-order valence-electron chi connectivity index (χ3n) is 11.3. The molecule has 0 saturated heterocycles. The predicted octanol–water partition coefficient (Wildman–Crippen LogP) is 14.7. The fourth-order valence-electron chi connectivity index (χ4n) is 8.81. The van der Waals surface area contributed by atoms with Crippen LogP contribution in [0.5, 0.6) is 0 Å². The van der Waals surface area contributed by atoms with Crippen molar-refractivity contribution in [3.8, 4) is 33.6 Å². The molecule has 0 spiro atoms. The molecule has 0 bridgehead atoms. The maximum Gasteiger partial charge on any atom is 0.0562 e. The first-order valence-corrected chi connectivity index (χ1v) is 19.5. The van der Waals surface area contributed by atoms with Gasteiger partial charge in [0.1, 0.15) is 0 Å². The Bertz CT molecular complexity index is 3170. The Morgan fingerprint density at radius 1 is 0.298 bits per heavy atom. The maximum absolute atomic E-state index is 2.45. The molecule has 0 unspecified atom stereocenters. The summed E-state index contributed by atoms with van der Waals surface area (Å²) in [6.07, 6.45) is 0. The van der Waals surface area contributed by atoms with E-state index < -0.39 is 0 Å². The summed E-state index contributed by atoms with van der Waals surface area (Å²) in [5.74, 6) is 0. The average Bonchev–Trinajstić information content (AvgIpc) is 3.81. The molecule has 11 aromatic rings. The first-order valence-electron chi connectivity index (χ1n) is 19.5. The van der Waals surface area contributed by atoms with Crippen molar-refractivity contribution in [3.63, 3.8) is 0 Å². The summed E-state index contributed by atoms with van der Waals surface area (Å²) in [4.78, 5) is 2.45. The van der Waals surface area contributed by atoms with Gasteiger partial charge in [0.2, 0.25) is 0 Å². The lowest BCUT2D eigenvalue weighted by Crippen LogP contribution is -2.11. The van der Waals surface area contributed by atoms with Gasteiger partial charge in [0.25, 0.3) is 0 Å². The molecule has 57 heavy (non-hydrogen) atoms. The van der Waals surface area contributed by atoms with E-state index in [1.165, 1.54) is 54.8 Å². The zero-order chi connectivity index (χ0) is 37.7. The van der Waals surface area contributed by atoms with Crippen LogP contribution < -0.4 is 4.90 Å². The van der Waals surface area contributed by atoms with E-state index in [0.29, 0.717) is 0 Å². The molecule has 0 aliphatic carbocycles. The van der Waals surface area contributed by atoms with E-state index in [1.54, 1.807) is 0 Å². The Morgan fingerprint density at radius 2 is 0.754 bits per heavy atom. The van der Waals surface area contributed by atoms with E-state index in [-0.39, 0.29) is 0 Å². The third kappa shape index (κ3) is 5.43. The van der Waals surface area contributed by atoms with Crippen LogP contribution in [0.25, 0.3) is 77.2 Å². The number of para-hydroxylation sites is 4. The summed E-state index contributed by atoms with van der Waals surface area (Å²) in [5.41, 5.74) is 15.0. The van der Waals surface area contributed by atoms with Gasteiger partial charge in [-0.2, -0.15) is 0 Å². The zero-order valence-electron chi connectivity index (χ0n) is 31.2. The molecule has 0 fully saturated rings. The summed E-state index contributed by atoms with van der Waals surface area (Å²) in [7, 11) is 0. The van der Waals surface area contributed by atoms with Crippen LogP contribution >= 0.6 is 0 Å². The van der Waals surface area contributed by atoms with E-state index in [0.717, 1.165) is 39.5 Å². The number of hydrogen-bond acceptors (Lipinski definition) is 1. The van der Waals surface area contributed by atoms with Gasteiger partial charge in [-0.25, -0.2) is 0 Å². The molecule has 0 aliphatic rings. The van der Waals surface area contributed by atoms with Crippen LogP contribution in [0, 0.1) is 0 Å². The number of hydrogen-bond donors (Lipinski definition) is 0. The van der Waals surface area contributed by atoms with Gasteiger partial charge in [0.05, 0.1) is 33.4 Å². The molecule has 11 rings (SSSR count). The molecule has 0 saturated carbocycles. The molecule has 2 aromatic heterocycles. The van der Waals surface area contributed by atoms with Gasteiger partial charge in [0.15, 0.2) is 0 Å². The van der Waals surface area contributed by atoms with E-state index >= 15 is 0 Å². The van der Waals surface area contributed by atoms with Gasteiger partial charge < -0.3 is 14.0 Å². The fourth-order valence-corrected chi connectivity index (χ4v) is 8.81. The molecule has 9 aromatic carbocycles. The molecule has 0 radical (unpaired) electrons. The number of nitrogens with zero attached hydrogens (tertiary/aromatic N) is 3. The van der Waals surface area contributed by atoms with E-state index in [1.807, 2.05) is 0 Å². The van der Waals surface area contributed by atoms with Crippen molar-refractivity contribution < 1.29 is 0 Å². The summed E-state index contributed by atoms with van der Waals surface area (Å²) >= 11 is 0. The Balaban J connectivity index is 1.15. The van der Waals surface area contributed by atoms with Crippen LogP contribution in [0.3, 0.4) is 0 Å². The number of aromatic nitrogens is 2. The molecule has 268 valence electrons. The first kappa shape index (κ1) is 32.8. The van der Waals surface area contributed by atoms with Crippen LogP contribution in [0.2, 0.25) is 0 Å². The summed E-state index contributed by atoms with van der Waals surface area (Å²) in [6.45, 7) is 0. The first-order chi connectivity index (χ1) is 28.3.